The third kappa shape index (κ3) is 7.53. The lowest BCUT2D eigenvalue weighted by Gasteiger charge is -2.25. The van der Waals surface area contributed by atoms with E-state index in [1.807, 2.05) is 75.5 Å². The Bertz CT molecular complexity index is 1040. The van der Waals surface area contributed by atoms with Gasteiger partial charge in [-0.25, -0.2) is 4.68 Å². The summed E-state index contributed by atoms with van der Waals surface area (Å²) in [7, 11) is 5.16. The minimum absolute atomic E-state index is 0.0564. The molecule has 0 unspecified atom stereocenters. The summed E-state index contributed by atoms with van der Waals surface area (Å²) in [6.07, 6.45) is -0.578. The van der Waals surface area contributed by atoms with Gasteiger partial charge in [0, 0.05) is 39.4 Å². The van der Waals surface area contributed by atoms with Crippen LogP contribution >= 0.6 is 0 Å². The molecule has 3 rings (SSSR count). The first kappa shape index (κ1) is 26.7. The molecule has 1 atom stereocenters. The van der Waals surface area contributed by atoms with Gasteiger partial charge in [0.25, 0.3) is 0 Å². The predicted octanol–water partition coefficient (Wildman–Crippen LogP) is 4.12. The summed E-state index contributed by atoms with van der Waals surface area (Å²) in [5.41, 5.74) is 2.73. The van der Waals surface area contributed by atoms with Crippen molar-refractivity contribution in [1.29, 1.82) is 0 Å². The highest BCUT2D eigenvalue weighted by Crippen LogP contribution is 2.37. The van der Waals surface area contributed by atoms with Gasteiger partial charge in [-0.1, -0.05) is 42.5 Å². The SMILES string of the molecule is COCCN(Cc1c(-c2ccccc2)nn(C)c1Oc1ccccc1OC)C[C@H](O)COC(C)C. The fourth-order valence-corrected chi connectivity index (χ4v) is 3.79. The Labute approximate surface area is 208 Å². The summed E-state index contributed by atoms with van der Waals surface area (Å²) in [6.45, 7) is 6.27. The quantitative estimate of drug-likeness (QED) is 0.370. The standard InChI is InChI=1S/C27H37N3O5/c1-20(2)34-19-22(31)17-30(15-16-32-4)18-23-26(21-11-7-6-8-12-21)28-29(3)27(23)35-25-14-10-9-13-24(25)33-5/h6-14,20,22,31H,15-19H2,1-5H3/t22-/m0/s1. The second kappa shape index (κ2) is 13.3. The van der Waals surface area contributed by atoms with Crippen molar-refractivity contribution < 1.29 is 24.1 Å². The number of ether oxygens (including phenoxy) is 4. The lowest BCUT2D eigenvalue weighted by molar-refractivity contribution is -0.0121. The number of hydrogen-bond donors (Lipinski definition) is 1. The topological polar surface area (TPSA) is 78.2 Å². The molecule has 0 saturated heterocycles. The van der Waals surface area contributed by atoms with Gasteiger partial charge < -0.3 is 24.1 Å². The van der Waals surface area contributed by atoms with Crippen LogP contribution in [0.5, 0.6) is 17.4 Å². The number of hydrogen-bond acceptors (Lipinski definition) is 7. The van der Waals surface area contributed by atoms with E-state index in [2.05, 4.69) is 4.90 Å². The third-order valence-corrected chi connectivity index (χ3v) is 5.50. The second-order valence-corrected chi connectivity index (χ2v) is 8.64. The molecule has 190 valence electrons. The Hall–Kier alpha value is -2.91. The van der Waals surface area contributed by atoms with E-state index in [4.69, 9.17) is 24.0 Å². The smallest absolute Gasteiger partial charge is 0.222 e. The lowest BCUT2D eigenvalue weighted by atomic mass is 10.1. The first-order valence-corrected chi connectivity index (χ1v) is 11.9. The minimum Gasteiger partial charge on any atom is -0.493 e. The van der Waals surface area contributed by atoms with Crippen LogP contribution in [0.3, 0.4) is 0 Å². The van der Waals surface area contributed by atoms with Crippen LogP contribution in [0.2, 0.25) is 0 Å². The molecule has 0 aliphatic carbocycles. The summed E-state index contributed by atoms with van der Waals surface area (Å²) >= 11 is 0. The van der Waals surface area contributed by atoms with E-state index in [9.17, 15) is 5.11 Å². The van der Waals surface area contributed by atoms with Crippen LogP contribution in [0.1, 0.15) is 19.4 Å². The van der Waals surface area contributed by atoms with Crippen LogP contribution in [0, 0.1) is 0 Å². The molecule has 0 radical (unpaired) electrons. The second-order valence-electron chi connectivity index (χ2n) is 8.64. The van der Waals surface area contributed by atoms with E-state index in [1.165, 1.54) is 0 Å². The van der Waals surface area contributed by atoms with Gasteiger partial charge in [-0.3, -0.25) is 4.90 Å². The maximum Gasteiger partial charge on any atom is 0.222 e. The monoisotopic (exact) mass is 483 g/mol. The van der Waals surface area contributed by atoms with Gasteiger partial charge >= 0.3 is 0 Å². The van der Waals surface area contributed by atoms with Gasteiger partial charge in [0.05, 0.1) is 38.1 Å². The normalized spacial score (nSPS) is 12.3. The zero-order valence-electron chi connectivity index (χ0n) is 21.3. The summed E-state index contributed by atoms with van der Waals surface area (Å²) in [4.78, 5) is 2.14. The molecule has 1 N–H and O–H groups in total. The first-order chi connectivity index (χ1) is 16.9. The number of aliphatic hydroxyl groups excluding tert-OH is 1. The van der Waals surface area contributed by atoms with Gasteiger partial charge in [-0.05, 0) is 26.0 Å². The van der Waals surface area contributed by atoms with E-state index in [-0.39, 0.29) is 12.7 Å². The van der Waals surface area contributed by atoms with Crippen molar-refractivity contribution in [3.63, 3.8) is 0 Å². The number of para-hydroxylation sites is 2. The zero-order valence-corrected chi connectivity index (χ0v) is 21.3. The average molecular weight is 484 g/mol. The number of aliphatic hydroxyl groups is 1. The zero-order chi connectivity index (χ0) is 25.2. The summed E-state index contributed by atoms with van der Waals surface area (Å²) in [5.74, 6) is 1.86. The highest BCUT2D eigenvalue weighted by molar-refractivity contribution is 5.65. The number of nitrogens with zero attached hydrogens (tertiary/aromatic N) is 3. The molecule has 0 spiro atoms. The number of rotatable bonds is 14. The molecule has 2 aromatic carbocycles. The number of methoxy groups -OCH3 is 2. The molecule has 0 fully saturated rings. The highest BCUT2D eigenvalue weighted by Gasteiger charge is 2.24. The predicted molar refractivity (Wildman–Crippen MR) is 136 cm³/mol. The molecule has 0 amide bonds. The number of aromatic nitrogens is 2. The average Bonchev–Trinajstić information content (AvgIpc) is 3.16. The Balaban J connectivity index is 1.97. The van der Waals surface area contributed by atoms with E-state index < -0.39 is 6.10 Å². The molecule has 1 heterocycles. The third-order valence-electron chi connectivity index (χ3n) is 5.50. The molecular weight excluding hydrogens is 446 g/mol. The fraction of sp³-hybridized carbons (Fsp3) is 0.444. The van der Waals surface area contributed by atoms with E-state index in [0.29, 0.717) is 43.6 Å². The van der Waals surface area contributed by atoms with Crippen molar-refractivity contribution in [2.75, 3.05) is 40.5 Å². The van der Waals surface area contributed by atoms with Crippen LogP contribution in [0.4, 0.5) is 0 Å². The molecular formula is C27H37N3O5. The van der Waals surface area contributed by atoms with Gasteiger partial charge in [0.15, 0.2) is 11.5 Å². The van der Waals surface area contributed by atoms with Crippen LogP contribution in [-0.2, 0) is 23.1 Å². The van der Waals surface area contributed by atoms with E-state index in [1.54, 1.807) is 18.9 Å². The Morgan fingerprint density at radius 2 is 1.69 bits per heavy atom. The maximum atomic E-state index is 10.6. The van der Waals surface area contributed by atoms with Gasteiger partial charge in [0.2, 0.25) is 5.88 Å². The van der Waals surface area contributed by atoms with Crippen LogP contribution in [-0.4, -0.2) is 72.5 Å². The van der Waals surface area contributed by atoms with Gasteiger partial charge in [0.1, 0.15) is 5.69 Å². The molecule has 1 aromatic heterocycles. The molecule has 35 heavy (non-hydrogen) atoms. The van der Waals surface area contributed by atoms with Crippen molar-refractivity contribution in [3.05, 3.63) is 60.2 Å². The lowest BCUT2D eigenvalue weighted by Crippen LogP contribution is -2.37. The van der Waals surface area contributed by atoms with Crippen molar-refractivity contribution in [2.24, 2.45) is 7.05 Å². The number of benzene rings is 2. The van der Waals surface area contributed by atoms with Gasteiger partial charge in [-0.2, -0.15) is 5.10 Å². The van der Waals surface area contributed by atoms with E-state index >= 15 is 0 Å². The summed E-state index contributed by atoms with van der Waals surface area (Å²) < 4.78 is 24.6. The van der Waals surface area contributed by atoms with Crippen LogP contribution < -0.4 is 9.47 Å². The molecule has 0 aliphatic rings. The molecule has 8 heteroatoms. The molecule has 0 saturated carbocycles. The molecule has 8 nitrogen and oxygen atoms in total. The van der Waals surface area contributed by atoms with Crippen molar-refractivity contribution in [1.82, 2.24) is 14.7 Å². The molecule has 0 bridgehead atoms. The van der Waals surface area contributed by atoms with Crippen molar-refractivity contribution >= 4 is 0 Å². The van der Waals surface area contributed by atoms with Gasteiger partial charge in [-0.15, -0.1) is 0 Å². The Kier molecular flexibility index (Phi) is 10.1. The van der Waals surface area contributed by atoms with Crippen molar-refractivity contribution in [2.45, 2.75) is 32.6 Å². The molecule has 3 aromatic rings. The maximum absolute atomic E-state index is 10.6. The minimum atomic E-state index is -0.635. The summed E-state index contributed by atoms with van der Waals surface area (Å²) in [6, 6.07) is 17.6. The van der Waals surface area contributed by atoms with Crippen LogP contribution in [0.15, 0.2) is 54.6 Å². The number of aryl methyl sites for hydroxylation is 1. The largest absolute Gasteiger partial charge is 0.493 e. The van der Waals surface area contributed by atoms with Crippen LogP contribution in [0.25, 0.3) is 11.3 Å². The fourth-order valence-electron chi connectivity index (χ4n) is 3.79. The van der Waals surface area contributed by atoms with E-state index in [0.717, 1.165) is 16.8 Å². The first-order valence-electron chi connectivity index (χ1n) is 11.9. The van der Waals surface area contributed by atoms with Crippen molar-refractivity contribution in [3.8, 4) is 28.6 Å². The molecule has 0 aliphatic heterocycles. The Morgan fingerprint density at radius 1 is 1.00 bits per heavy atom. The Morgan fingerprint density at radius 3 is 2.34 bits per heavy atom. The highest BCUT2D eigenvalue weighted by atomic mass is 16.5. The summed E-state index contributed by atoms with van der Waals surface area (Å²) in [5, 5.41) is 15.4.